The van der Waals surface area contributed by atoms with Gasteiger partial charge in [-0.3, -0.25) is 9.69 Å². The van der Waals surface area contributed by atoms with Crippen molar-refractivity contribution in [3.05, 3.63) is 21.9 Å². The summed E-state index contributed by atoms with van der Waals surface area (Å²) in [6.07, 6.45) is 1.28. The molecule has 2 heterocycles. The number of carbonyl (C=O) groups is 1. The van der Waals surface area contributed by atoms with Crippen LogP contribution in [0.15, 0.2) is 10.8 Å². The average molecular weight is 347 g/mol. The summed E-state index contributed by atoms with van der Waals surface area (Å²) in [5.74, 6) is -0.556. The van der Waals surface area contributed by atoms with Crippen molar-refractivity contribution in [2.75, 3.05) is 25.4 Å². The number of nitrogens with one attached hydrogen (secondary N) is 1. The second-order valence-electron chi connectivity index (χ2n) is 5.44. The molecule has 1 amide bonds. The topological polar surface area (TPSA) is 113 Å². The van der Waals surface area contributed by atoms with E-state index in [9.17, 15) is 18.3 Å². The molecule has 0 radical (unpaired) electrons. The molecule has 0 spiro atoms. The van der Waals surface area contributed by atoms with E-state index in [1.807, 2.05) is 5.38 Å². The highest BCUT2D eigenvalue weighted by Gasteiger charge is 2.20. The first-order valence-electron chi connectivity index (χ1n) is 7.09. The number of primary sulfonamides is 1. The summed E-state index contributed by atoms with van der Waals surface area (Å²) in [6, 6.07) is 0. The van der Waals surface area contributed by atoms with Gasteiger partial charge >= 0.3 is 0 Å². The van der Waals surface area contributed by atoms with Crippen LogP contribution in [0.1, 0.15) is 28.8 Å². The first-order valence-corrected chi connectivity index (χ1v) is 9.75. The summed E-state index contributed by atoms with van der Waals surface area (Å²) in [5.41, 5.74) is 1.50. The lowest BCUT2D eigenvalue weighted by Crippen LogP contribution is -2.36. The molecule has 1 aromatic rings. The Morgan fingerprint density at radius 3 is 2.73 bits per heavy atom. The zero-order valence-electron chi connectivity index (χ0n) is 12.2. The lowest BCUT2D eigenvalue weighted by atomic mass is 10.1. The number of amides is 1. The van der Waals surface area contributed by atoms with E-state index in [1.54, 1.807) is 5.38 Å². The Labute approximate surface area is 134 Å². The third-order valence-electron chi connectivity index (χ3n) is 3.61. The van der Waals surface area contributed by atoms with Gasteiger partial charge in [0.05, 0.1) is 17.4 Å². The molecule has 1 fully saturated rings. The Morgan fingerprint density at radius 1 is 1.41 bits per heavy atom. The van der Waals surface area contributed by atoms with Gasteiger partial charge in [-0.05, 0) is 23.8 Å². The SMILES string of the molecule is NS(=O)(=O)CCNC(=O)c1cscc1CN1CCC(O)CC1. The van der Waals surface area contributed by atoms with Crippen LogP contribution < -0.4 is 10.5 Å². The zero-order valence-corrected chi connectivity index (χ0v) is 13.8. The van der Waals surface area contributed by atoms with E-state index in [4.69, 9.17) is 5.14 Å². The quantitative estimate of drug-likeness (QED) is 0.655. The molecule has 0 aromatic carbocycles. The second-order valence-corrected chi connectivity index (χ2v) is 7.92. The van der Waals surface area contributed by atoms with Crippen LogP contribution in [-0.2, 0) is 16.6 Å². The smallest absolute Gasteiger partial charge is 0.252 e. The first-order chi connectivity index (χ1) is 10.3. The molecule has 1 aromatic heterocycles. The Kier molecular flexibility index (Phi) is 5.93. The highest BCUT2D eigenvalue weighted by atomic mass is 32.2. The third kappa shape index (κ3) is 5.33. The number of hydrogen-bond acceptors (Lipinski definition) is 6. The second kappa shape index (κ2) is 7.51. The average Bonchev–Trinajstić information content (AvgIpc) is 2.88. The van der Waals surface area contributed by atoms with Crippen LogP contribution in [0, 0.1) is 0 Å². The fourth-order valence-electron chi connectivity index (χ4n) is 2.37. The first kappa shape index (κ1) is 17.4. The van der Waals surface area contributed by atoms with Crippen LogP contribution in [0.5, 0.6) is 0 Å². The van der Waals surface area contributed by atoms with Crippen LogP contribution in [0.3, 0.4) is 0 Å². The highest BCUT2D eigenvalue weighted by Crippen LogP contribution is 2.20. The summed E-state index contributed by atoms with van der Waals surface area (Å²) < 4.78 is 21.7. The van der Waals surface area contributed by atoms with Crippen LogP contribution >= 0.6 is 11.3 Å². The molecule has 0 aliphatic carbocycles. The van der Waals surface area contributed by atoms with E-state index >= 15 is 0 Å². The molecule has 1 aliphatic heterocycles. The Hall–Kier alpha value is -1.00. The van der Waals surface area contributed by atoms with E-state index < -0.39 is 10.0 Å². The minimum atomic E-state index is -3.57. The van der Waals surface area contributed by atoms with E-state index in [-0.39, 0.29) is 24.3 Å². The number of likely N-dealkylation sites (tertiary alicyclic amines) is 1. The number of rotatable bonds is 6. The summed E-state index contributed by atoms with van der Waals surface area (Å²) in [7, 11) is -3.57. The van der Waals surface area contributed by atoms with Gasteiger partial charge < -0.3 is 10.4 Å². The van der Waals surface area contributed by atoms with Gasteiger partial charge in [-0.1, -0.05) is 0 Å². The standard InChI is InChI=1S/C13H21N3O4S2/c14-22(19,20)6-3-15-13(18)12-9-21-8-10(12)7-16-4-1-11(17)2-5-16/h8-9,11,17H,1-7H2,(H,15,18)(H2,14,19,20). The molecule has 0 atom stereocenters. The summed E-state index contributed by atoms with van der Waals surface area (Å²) in [6.45, 7) is 2.28. The van der Waals surface area contributed by atoms with Gasteiger partial charge in [-0.15, -0.1) is 0 Å². The Bertz CT molecular complexity index is 607. The number of aliphatic hydroxyl groups is 1. The monoisotopic (exact) mass is 347 g/mol. The maximum absolute atomic E-state index is 12.1. The minimum Gasteiger partial charge on any atom is -0.393 e. The van der Waals surface area contributed by atoms with Gasteiger partial charge in [-0.2, -0.15) is 11.3 Å². The van der Waals surface area contributed by atoms with Crippen molar-refractivity contribution >= 4 is 27.3 Å². The molecular formula is C13H21N3O4S2. The van der Waals surface area contributed by atoms with Gasteiger partial charge in [0.1, 0.15) is 0 Å². The summed E-state index contributed by atoms with van der Waals surface area (Å²) >= 11 is 1.44. The Morgan fingerprint density at radius 2 is 2.09 bits per heavy atom. The number of sulfonamides is 1. The number of hydrogen-bond donors (Lipinski definition) is 3. The number of carbonyl (C=O) groups excluding carboxylic acids is 1. The third-order valence-corrected chi connectivity index (χ3v) is 5.18. The molecule has 0 bridgehead atoms. The Balaban J connectivity index is 1.90. The van der Waals surface area contributed by atoms with Crippen molar-refractivity contribution in [2.45, 2.75) is 25.5 Å². The van der Waals surface area contributed by atoms with Crippen molar-refractivity contribution in [2.24, 2.45) is 5.14 Å². The number of thiophene rings is 1. The molecule has 2 rings (SSSR count). The van der Waals surface area contributed by atoms with Crippen molar-refractivity contribution in [1.29, 1.82) is 0 Å². The number of piperidine rings is 1. The summed E-state index contributed by atoms with van der Waals surface area (Å²) in [4.78, 5) is 14.3. The van der Waals surface area contributed by atoms with E-state index in [1.165, 1.54) is 11.3 Å². The molecule has 124 valence electrons. The predicted molar refractivity (Wildman–Crippen MR) is 85.1 cm³/mol. The maximum atomic E-state index is 12.1. The normalized spacial score (nSPS) is 17.5. The van der Waals surface area contributed by atoms with Gasteiger partial charge in [0.15, 0.2) is 0 Å². The zero-order chi connectivity index (χ0) is 16.2. The van der Waals surface area contributed by atoms with Crippen LogP contribution in [0.4, 0.5) is 0 Å². The highest BCUT2D eigenvalue weighted by molar-refractivity contribution is 7.89. The van der Waals surface area contributed by atoms with Crippen molar-refractivity contribution in [3.8, 4) is 0 Å². The largest absolute Gasteiger partial charge is 0.393 e. The number of nitrogens with two attached hydrogens (primary N) is 1. The fraction of sp³-hybridized carbons (Fsp3) is 0.615. The molecule has 4 N–H and O–H groups in total. The van der Waals surface area contributed by atoms with Crippen LogP contribution in [0.2, 0.25) is 0 Å². The molecule has 0 saturated carbocycles. The van der Waals surface area contributed by atoms with Crippen molar-refractivity contribution in [1.82, 2.24) is 10.2 Å². The van der Waals surface area contributed by atoms with Gasteiger partial charge in [0.2, 0.25) is 10.0 Å². The predicted octanol–water partition coefficient (Wildman–Crippen LogP) is -0.277. The van der Waals surface area contributed by atoms with Gasteiger partial charge in [-0.25, -0.2) is 13.6 Å². The molecule has 1 aliphatic rings. The molecule has 1 saturated heterocycles. The van der Waals surface area contributed by atoms with E-state index in [0.29, 0.717) is 12.1 Å². The number of aliphatic hydroxyl groups excluding tert-OH is 1. The minimum absolute atomic E-state index is 0.00284. The fourth-order valence-corrected chi connectivity index (χ4v) is 3.58. The van der Waals surface area contributed by atoms with Crippen LogP contribution in [0.25, 0.3) is 0 Å². The molecule has 9 heteroatoms. The van der Waals surface area contributed by atoms with Crippen LogP contribution in [-0.4, -0.2) is 55.8 Å². The summed E-state index contributed by atoms with van der Waals surface area (Å²) in [5, 5.41) is 20.7. The van der Waals surface area contributed by atoms with Gasteiger partial charge in [0.25, 0.3) is 5.91 Å². The van der Waals surface area contributed by atoms with E-state index in [0.717, 1.165) is 31.5 Å². The lowest BCUT2D eigenvalue weighted by molar-refractivity contribution is 0.0787. The van der Waals surface area contributed by atoms with Gasteiger partial charge in [0, 0.05) is 31.6 Å². The van der Waals surface area contributed by atoms with E-state index in [2.05, 4.69) is 10.2 Å². The molecule has 22 heavy (non-hydrogen) atoms. The molecule has 0 unspecified atom stereocenters. The maximum Gasteiger partial charge on any atom is 0.252 e. The number of nitrogens with zero attached hydrogens (tertiary/aromatic N) is 1. The molecule has 7 nitrogen and oxygen atoms in total. The lowest BCUT2D eigenvalue weighted by Gasteiger charge is -2.29. The van der Waals surface area contributed by atoms with Crippen molar-refractivity contribution in [3.63, 3.8) is 0 Å². The molecular weight excluding hydrogens is 326 g/mol. The van der Waals surface area contributed by atoms with Crippen molar-refractivity contribution < 1.29 is 18.3 Å².